The van der Waals surface area contributed by atoms with Crippen LogP contribution in [0.2, 0.25) is 0 Å². The smallest absolute Gasteiger partial charge is 0.326 e. The number of hydrogen-bond acceptors (Lipinski definition) is 6. The Labute approximate surface area is 202 Å². The highest BCUT2D eigenvalue weighted by Gasteiger charge is 2.36. The van der Waals surface area contributed by atoms with Crippen molar-refractivity contribution in [1.29, 1.82) is 0 Å². The molecule has 1 heterocycles. The fourth-order valence-electron chi connectivity index (χ4n) is 3.54. The molecule has 1 saturated heterocycles. The molecule has 1 atom stereocenters. The molecule has 0 bridgehead atoms. The first kappa shape index (κ1) is 23.6. The number of thioether (sulfide) groups is 1. The minimum absolute atomic E-state index is 0.257. The van der Waals surface area contributed by atoms with Gasteiger partial charge in [0, 0.05) is 0 Å². The highest BCUT2D eigenvalue weighted by atomic mass is 32.2. The molecular weight excluding hydrogens is 450 g/mol. The van der Waals surface area contributed by atoms with Gasteiger partial charge in [-0.2, -0.15) is 0 Å². The van der Waals surface area contributed by atoms with E-state index < -0.39 is 17.1 Å². The highest BCUT2D eigenvalue weighted by Crippen LogP contribution is 2.32. The summed E-state index contributed by atoms with van der Waals surface area (Å²) in [4.78, 5) is 38.2. The van der Waals surface area contributed by atoms with E-state index in [0.717, 1.165) is 38.6 Å². The van der Waals surface area contributed by atoms with Crippen LogP contribution in [0.3, 0.4) is 0 Å². The summed E-state index contributed by atoms with van der Waals surface area (Å²) >= 11 is 0.811. The molecule has 6 nitrogen and oxygen atoms in total. The number of carbonyl (C=O) groups is 3. The molecule has 1 aliphatic heterocycles. The van der Waals surface area contributed by atoms with Crippen LogP contribution < -0.4 is 4.74 Å². The zero-order chi connectivity index (χ0) is 24.1. The molecule has 0 aliphatic carbocycles. The monoisotopic (exact) mass is 475 g/mol. The van der Waals surface area contributed by atoms with Gasteiger partial charge in [-0.05, 0) is 65.2 Å². The Balaban J connectivity index is 1.44. The predicted molar refractivity (Wildman–Crippen MR) is 133 cm³/mol. The number of esters is 1. The molecule has 0 aromatic heterocycles. The van der Waals surface area contributed by atoms with Crippen LogP contribution in [0, 0.1) is 0 Å². The third kappa shape index (κ3) is 5.48. The van der Waals surface area contributed by atoms with Gasteiger partial charge in [-0.3, -0.25) is 19.3 Å². The number of rotatable bonds is 8. The van der Waals surface area contributed by atoms with Crippen LogP contribution in [0.4, 0.5) is 4.79 Å². The molecular formula is C27H25NO5S. The number of nitrogens with zero attached hydrogens (tertiary/aromatic N) is 1. The average Bonchev–Trinajstić information content (AvgIpc) is 3.10. The number of carbonyl (C=O) groups excluding carboxylic acids is 3. The van der Waals surface area contributed by atoms with Gasteiger partial charge < -0.3 is 9.47 Å². The largest absolute Gasteiger partial charge is 0.489 e. The Morgan fingerprint density at radius 1 is 1.06 bits per heavy atom. The second kappa shape index (κ2) is 10.6. The van der Waals surface area contributed by atoms with E-state index in [1.165, 1.54) is 0 Å². The van der Waals surface area contributed by atoms with E-state index in [1.807, 2.05) is 55.5 Å². The van der Waals surface area contributed by atoms with Crippen molar-refractivity contribution >= 4 is 45.7 Å². The Morgan fingerprint density at radius 3 is 2.65 bits per heavy atom. The van der Waals surface area contributed by atoms with E-state index in [-0.39, 0.29) is 17.6 Å². The lowest BCUT2D eigenvalue weighted by molar-refractivity contribution is -0.150. The van der Waals surface area contributed by atoms with E-state index >= 15 is 0 Å². The lowest BCUT2D eigenvalue weighted by atomic mass is 10.1. The molecule has 7 heteroatoms. The molecule has 0 radical (unpaired) electrons. The quantitative estimate of drug-likeness (QED) is 0.303. The van der Waals surface area contributed by atoms with Crippen molar-refractivity contribution in [2.45, 2.75) is 33.0 Å². The van der Waals surface area contributed by atoms with Crippen LogP contribution >= 0.6 is 11.8 Å². The predicted octanol–water partition coefficient (Wildman–Crippen LogP) is 5.80. The molecule has 34 heavy (non-hydrogen) atoms. The van der Waals surface area contributed by atoms with Crippen molar-refractivity contribution in [3.63, 3.8) is 0 Å². The average molecular weight is 476 g/mol. The van der Waals surface area contributed by atoms with Crippen LogP contribution in [-0.2, 0) is 20.9 Å². The third-order valence-electron chi connectivity index (χ3n) is 5.50. The molecule has 2 amide bonds. The summed E-state index contributed by atoms with van der Waals surface area (Å²) in [5.74, 6) is -0.446. The first-order chi connectivity index (χ1) is 16.4. The molecule has 1 aliphatic rings. The van der Waals surface area contributed by atoms with Crippen molar-refractivity contribution in [1.82, 2.24) is 4.90 Å². The van der Waals surface area contributed by atoms with Gasteiger partial charge in [0.05, 0.1) is 11.0 Å². The summed E-state index contributed by atoms with van der Waals surface area (Å²) in [6.07, 6.45) is 2.03. The Hall–Kier alpha value is -3.58. The van der Waals surface area contributed by atoms with E-state index in [4.69, 9.17) is 9.47 Å². The topological polar surface area (TPSA) is 72.9 Å². The number of fused-ring (bicyclic) bond motifs is 1. The number of ether oxygens (including phenoxy) is 2. The van der Waals surface area contributed by atoms with E-state index in [9.17, 15) is 14.4 Å². The highest BCUT2D eigenvalue weighted by molar-refractivity contribution is 8.18. The molecule has 0 N–H and O–H groups in total. The van der Waals surface area contributed by atoms with E-state index in [1.54, 1.807) is 13.0 Å². The summed E-state index contributed by atoms with van der Waals surface area (Å²) in [7, 11) is 0. The number of imide groups is 1. The standard InChI is InChI=1S/C27H25NO5S/c1-3-18(2)33-25(29)16-28-26(30)24(34-27(28)31)15-19-8-6-12-22(14-19)32-17-21-11-7-10-20-9-4-5-13-23(20)21/h4-15,18H,3,16-17H2,1-2H3/b24-15+/t18-/m0/s1. The summed E-state index contributed by atoms with van der Waals surface area (Å²) in [6, 6.07) is 21.6. The molecule has 3 aromatic carbocycles. The maximum absolute atomic E-state index is 12.7. The van der Waals surface area contributed by atoms with Gasteiger partial charge in [0.25, 0.3) is 11.1 Å². The van der Waals surface area contributed by atoms with Gasteiger partial charge >= 0.3 is 5.97 Å². The van der Waals surface area contributed by atoms with Crippen LogP contribution in [0.15, 0.2) is 71.6 Å². The maximum atomic E-state index is 12.7. The van der Waals surface area contributed by atoms with Crippen LogP contribution in [0.5, 0.6) is 5.75 Å². The number of hydrogen-bond donors (Lipinski definition) is 0. The van der Waals surface area contributed by atoms with Crippen molar-refractivity contribution in [2.24, 2.45) is 0 Å². The minimum atomic E-state index is -0.596. The maximum Gasteiger partial charge on any atom is 0.326 e. The van der Waals surface area contributed by atoms with Crippen molar-refractivity contribution < 1.29 is 23.9 Å². The van der Waals surface area contributed by atoms with E-state index in [2.05, 4.69) is 18.2 Å². The first-order valence-electron chi connectivity index (χ1n) is 11.1. The zero-order valence-electron chi connectivity index (χ0n) is 19.0. The number of benzene rings is 3. The molecule has 0 spiro atoms. The first-order valence-corrected chi connectivity index (χ1v) is 11.9. The molecule has 3 aromatic rings. The second-order valence-corrected chi connectivity index (χ2v) is 8.97. The van der Waals surface area contributed by atoms with Crippen molar-refractivity contribution in [3.8, 4) is 5.75 Å². The fraction of sp³-hybridized carbons (Fsp3) is 0.222. The van der Waals surface area contributed by atoms with Crippen LogP contribution in [0.25, 0.3) is 16.8 Å². The minimum Gasteiger partial charge on any atom is -0.489 e. The van der Waals surface area contributed by atoms with Gasteiger partial charge in [0.15, 0.2) is 0 Å². The van der Waals surface area contributed by atoms with Gasteiger partial charge in [0.1, 0.15) is 18.9 Å². The molecule has 4 rings (SSSR count). The van der Waals surface area contributed by atoms with Crippen LogP contribution in [-0.4, -0.2) is 34.7 Å². The lowest BCUT2D eigenvalue weighted by Crippen LogP contribution is -2.35. The van der Waals surface area contributed by atoms with Crippen molar-refractivity contribution in [2.75, 3.05) is 6.54 Å². The normalized spacial score (nSPS) is 15.7. The van der Waals surface area contributed by atoms with Crippen LogP contribution in [0.1, 0.15) is 31.4 Å². The molecule has 0 unspecified atom stereocenters. The molecule has 1 fully saturated rings. The van der Waals surface area contributed by atoms with E-state index in [0.29, 0.717) is 18.8 Å². The second-order valence-electron chi connectivity index (χ2n) is 7.98. The summed E-state index contributed by atoms with van der Waals surface area (Å²) in [5.41, 5.74) is 1.80. The Morgan fingerprint density at radius 2 is 1.82 bits per heavy atom. The number of amides is 2. The third-order valence-corrected chi connectivity index (χ3v) is 6.41. The molecule has 0 saturated carbocycles. The lowest BCUT2D eigenvalue weighted by Gasteiger charge is -2.14. The fourth-order valence-corrected chi connectivity index (χ4v) is 4.37. The Kier molecular flexibility index (Phi) is 7.33. The van der Waals surface area contributed by atoms with Crippen molar-refractivity contribution in [3.05, 3.63) is 82.8 Å². The summed E-state index contributed by atoms with van der Waals surface area (Å²) in [5, 5.41) is 1.81. The van der Waals surface area contributed by atoms with Gasteiger partial charge in [0.2, 0.25) is 0 Å². The van der Waals surface area contributed by atoms with Gasteiger partial charge in [-0.1, -0.05) is 61.5 Å². The zero-order valence-corrected chi connectivity index (χ0v) is 19.8. The van der Waals surface area contributed by atoms with Gasteiger partial charge in [-0.25, -0.2) is 0 Å². The Bertz CT molecular complexity index is 1260. The SMILES string of the molecule is CC[C@H](C)OC(=O)CN1C(=O)S/C(=C/c2cccc(OCc3cccc4ccccc34)c2)C1=O. The van der Waals surface area contributed by atoms with Gasteiger partial charge in [-0.15, -0.1) is 0 Å². The molecule has 174 valence electrons. The summed E-state index contributed by atoms with van der Waals surface area (Å²) < 4.78 is 11.2. The summed E-state index contributed by atoms with van der Waals surface area (Å²) in [6.45, 7) is 3.67.